The molecular weight excluding hydrogens is 264 g/mol. The summed E-state index contributed by atoms with van der Waals surface area (Å²) in [4.78, 5) is 20.9. The molecule has 1 aromatic rings. The van der Waals surface area contributed by atoms with E-state index < -0.39 is 5.97 Å². The van der Waals surface area contributed by atoms with E-state index in [-0.39, 0.29) is 11.3 Å². The van der Waals surface area contributed by atoms with Crippen LogP contribution in [-0.2, 0) is 16.0 Å². The van der Waals surface area contributed by atoms with Gasteiger partial charge in [0.1, 0.15) is 5.75 Å². The van der Waals surface area contributed by atoms with E-state index in [0.29, 0.717) is 12.2 Å². The molecule has 4 nitrogen and oxygen atoms in total. The van der Waals surface area contributed by atoms with Crippen LogP contribution in [0.2, 0.25) is 0 Å². The molecule has 0 fully saturated rings. The van der Waals surface area contributed by atoms with Gasteiger partial charge in [-0.2, -0.15) is 0 Å². The van der Waals surface area contributed by atoms with Gasteiger partial charge in [0.25, 0.3) is 0 Å². The number of carbonyl (C=O) groups is 2. The Bertz CT molecular complexity index is 358. The van der Waals surface area contributed by atoms with Crippen molar-refractivity contribution in [1.29, 1.82) is 0 Å². The van der Waals surface area contributed by atoms with Gasteiger partial charge in [-0.15, -0.1) is 0 Å². The van der Waals surface area contributed by atoms with Gasteiger partial charge >= 0.3 is 5.97 Å². The summed E-state index contributed by atoms with van der Waals surface area (Å²) in [7, 11) is 0. The Kier molecular flexibility index (Phi) is 4.30. The van der Waals surface area contributed by atoms with Crippen molar-refractivity contribution in [2.45, 2.75) is 6.42 Å². The first-order valence-electron chi connectivity index (χ1n) is 4.20. The molecule has 15 heavy (non-hydrogen) atoms. The maximum Gasteiger partial charge on any atom is 0.341 e. The molecule has 0 saturated heterocycles. The van der Waals surface area contributed by atoms with Crippen LogP contribution in [-0.4, -0.2) is 22.4 Å². The molecular formula is C10H9BrO4. The lowest BCUT2D eigenvalue weighted by atomic mass is 10.2. The number of rotatable bonds is 5. The minimum atomic E-state index is -1.02. The minimum Gasteiger partial charge on any atom is -0.482 e. The van der Waals surface area contributed by atoms with E-state index in [2.05, 4.69) is 15.9 Å². The van der Waals surface area contributed by atoms with E-state index in [0.717, 1.165) is 5.56 Å². The quantitative estimate of drug-likeness (QED) is 0.828. The predicted octanol–water partition coefficient (Wildman–Crippen LogP) is 1.61. The molecule has 5 heteroatoms. The summed E-state index contributed by atoms with van der Waals surface area (Å²) in [6.07, 6.45) is 0.305. The van der Waals surface area contributed by atoms with Crippen molar-refractivity contribution >= 4 is 26.6 Å². The Morgan fingerprint density at radius 1 is 1.27 bits per heavy atom. The van der Waals surface area contributed by atoms with Crippen LogP contribution in [0.3, 0.4) is 0 Å². The number of halogens is 1. The molecule has 0 unspecified atom stereocenters. The maximum atomic E-state index is 10.7. The lowest BCUT2D eigenvalue weighted by Crippen LogP contribution is -2.09. The van der Waals surface area contributed by atoms with Gasteiger partial charge in [-0.05, 0) is 33.6 Å². The van der Waals surface area contributed by atoms with Crippen molar-refractivity contribution in [3.8, 4) is 5.75 Å². The van der Waals surface area contributed by atoms with Gasteiger partial charge < -0.3 is 9.84 Å². The van der Waals surface area contributed by atoms with E-state index >= 15 is 0 Å². The van der Waals surface area contributed by atoms with Gasteiger partial charge in [0.05, 0.1) is 0 Å². The zero-order valence-corrected chi connectivity index (χ0v) is 9.36. The first-order chi connectivity index (χ1) is 7.08. The van der Waals surface area contributed by atoms with Crippen molar-refractivity contribution < 1.29 is 19.4 Å². The summed E-state index contributed by atoms with van der Waals surface area (Å²) in [6.45, 7) is -0.364. The van der Waals surface area contributed by atoms with Gasteiger partial charge in [0.2, 0.25) is 4.69 Å². The highest BCUT2D eigenvalue weighted by atomic mass is 79.9. The molecule has 0 aliphatic carbocycles. The van der Waals surface area contributed by atoms with Crippen LogP contribution >= 0.6 is 15.9 Å². The van der Waals surface area contributed by atoms with Crippen LogP contribution in [0.15, 0.2) is 24.3 Å². The monoisotopic (exact) mass is 272 g/mol. The Labute approximate surface area is 95.0 Å². The fourth-order valence-corrected chi connectivity index (χ4v) is 1.33. The number of carboxylic acids is 1. The molecule has 1 aromatic carbocycles. The fourth-order valence-electron chi connectivity index (χ4n) is 1.01. The molecule has 0 heterocycles. The van der Waals surface area contributed by atoms with Crippen LogP contribution in [0.1, 0.15) is 5.56 Å². The second kappa shape index (κ2) is 5.50. The summed E-state index contributed by atoms with van der Waals surface area (Å²) < 4.78 is 4.84. The van der Waals surface area contributed by atoms with E-state index in [1.807, 2.05) is 0 Å². The number of carboxylic acid groups (broad SMARTS) is 1. The molecule has 80 valence electrons. The zero-order valence-electron chi connectivity index (χ0n) is 7.77. The smallest absolute Gasteiger partial charge is 0.341 e. The topological polar surface area (TPSA) is 63.6 Å². The highest BCUT2D eigenvalue weighted by Gasteiger charge is 2.01. The maximum absolute atomic E-state index is 10.7. The summed E-state index contributed by atoms with van der Waals surface area (Å²) in [5.41, 5.74) is 0.847. The second-order valence-corrected chi connectivity index (χ2v) is 3.74. The average molecular weight is 273 g/mol. The van der Waals surface area contributed by atoms with Crippen molar-refractivity contribution in [3.63, 3.8) is 0 Å². The number of hydrogen-bond acceptors (Lipinski definition) is 3. The predicted molar refractivity (Wildman–Crippen MR) is 57.2 cm³/mol. The zero-order chi connectivity index (χ0) is 11.3. The molecule has 1 N–H and O–H groups in total. The van der Waals surface area contributed by atoms with Crippen molar-refractivity contribution in [3.05, 3.63) is 29.8 Å². The van der Waals surface area contributed by atoms with Crippen LogP contribution in [0.5, 0.6) is 5.75 Å². The molecule has 0 aliphatic heterocycles. The number of ether oxygens (including phenoxy) is 1. The highest BCUT2D eigenvalue weighted by Crippen LogP contribution is 2.13. The third kappa shape index (κ3) is 4.60. The van der Waals surface area contributed by atoms with Crippen LogP contribution in [0.4, 0.5) is 0 Å². The lowest BCUT2D eigenvalue weighted by molar-refractivity contribution is -0.139. The lowest BCUT2D eigenvalue weighted by Gasteiger charge is -2.03. The first-order valence-corrected chi connectivity index (χ1v) is 4.99. The largest absolute Gasteiger partial charge is 0.482 e. The van der Waals surface area contributed by atoms with Crippen molar-refractivity contribution in [2.75, 3.05) is 6.61 Å². The molecule has 0 radical (unpaired) electrons. The normalized spacial score (nSPS) is 9.67. The van der Waals surface area contributed by atoms with E-state index in [9.17, 15) is 9.59 Å². The standard InChI is InChI=1S/C10H9BrO4/c11-9(12)5-7-1-3-8(4-2-7)15-6-10(13)14/h1-4H,5-6H2,(H,13,14). The fraction of sp³-hybridized carbons (Fsp3) is 0.200. The molecule has 0 aliphatic rings. The summed E-state index contributed by atoms with van der Waals surface area (Å²) >= 11 is 2.83. The Balaban J connectivity index is 2.56. The van der Waals surface area contributed by atoms with Gasteiger partial charge in [-0.3, -0.25) is 4.79 Å². The summed E-state index contributed by atoms with van der Waals surface area (Å²) in [5, 5.41) is 8.37. The molecule has 0 spiro atoms. The summed E-state index contributed by atoms with van der Waals surface area (Å²) in [6, 6.07) is 6.70. The Hall–Kier alpha value is -1.36. The molecule has 0 aromatic heterocycles. The van der Waals surface area contributed by atoms with Gasteiger partial charge in [0.15, 0.2) is 6.61 Å². The van der Waals surface area contributed by atoms with E-state index in [1.165, 1.54) is 0 Å². The van der Waals surface area contributed by atoms with E-state index in [4.69, 9.17) is 9.84 Å². The van der Waals surface area contributed by atoms with Gasteiger partial charge in [0, 0.05) is 6.42 Å². The molecule has 0 saturated carbocycles. The molecule has 0 bridgehead atoms. The van der Waals surface area contributed by atoms with Gasteiger partial charge in [-0.25, -0.2) is 4.79 Å². The summed E-state index contributed by atoms with van der Waals surface area (Å²) in [5.74, 6) is -0.544. The number of hydrogen-bond donors (Lipinski definition) is 1. The molecule has 1 rings (SSSR count). The van der Waals surface area contributed by atoms with Crippen LogP contribution in [0.25, 0.3) is 0 Å². The highest BCUT2D eigenvalue weighted by molar-refractivity contribution is 9.18. The van der Waals surface area contributed by atoms with Crippen molar-refractivity contribution in [1.82, 2.24) is 0 Å². The second-order valence-electron chi connectivity index (χ2n) is 2.86. The minimum absolute atomic E-state index is 0.0956. The Morgan fingerprint density at radius 3 is 2.33 bits per heavy atom. The number of benzene rings is 1. The SMILES string of the molecule is O=C(O)COc1ccc(CC(=O)Br)cc1. The average Bonchev–Trinajstić information content (AvgIpc) is 2.16. The first kappa shape index (κ1) is 11.7. The number of carbonyl (C=O) groups excluding carboxylic acids is 1. The van der Waals surface area contributed by atoms with Gasteiger partial charge in [-0.1, -0.05) is 12.1 Å². The van der Waals surface area contributed by atoms with Crippen LogP contribution in [0, 0.1) is 0 Å². The van der Waals surface area contributed by atoms with Crippen molar-refractivity contribution in [2.24, 2.45) is 0 Å². The number of aliphatic carboxylic acids is 1. The third-order valence-electron chi connectivity index (χ3n) is 1.63. The molecule has 0 amide bonds. The molecule has 0 atom stereocenters. The van der Waals surface area contributed by atoms with E-state index in [1.54, 1.807) is 24.3 Å². The van der Waals surface area contributed by atoms with Crippen LogP contribution < -0.4 is 4.74 Å². The third-order valence-corrected chi connectivity index (χ3v) is 1.91. The Morgan fingerprint density at radius 2 is 1.87 bits per heavy atom.